The molecule has 8 heteroatoms. The minimum Gasteiger partial charge on any atom is -0.319 e. The van der Waals surface area contributed by atoms with Gasteiger partial charge in [-0.2, -0.15) is 10.2 Å². The van der Waals surface area contributed by atoms with Crippen LogP contribution < -0.4 is 5.32 Å². The third kappa shape index (κ3) is 4.89. The minimum atomic E-state index is -0.186. The van der Waals surface area contributed by atoms with Crippen molar-refractivity contribution in [3.05, 3.63) is 98.5 Å². The Balaban J connectivity index is 1.44. The first-order chi connectivity index (χ1) is 14.9. The van der Waals surface area contributed by atoms with Crippen LogP contribution in [0.5, 0.6) is 0 Å². The molecule has 0 aliphatic carbocycles. The molecule has 0 radical (unpaired) electrons. The van der Waals surface area contributed by atoms with Gasteiger partial charge in [-0.05, 0) is 59.1 Å². The number of halogens is 2. The van der Waals surface area contributed by atoms with Gasteiger partial charge in [0.1, 0.15) is 0 Å². The molecule has 0 spiro atoms. The number of aryl methyl sites for hydroxylation is 1. The van der Waals surface area contributed by atoms with Crippen molar-refractivity contribution in [3.63, 3.8) is 0 Å². The molecule has 6 nitrogen and oxygen atoms in total. The van der Waals surface area contributed by atoms with Crippen molar-refractivity contribution in [2.24, 2.45) is 0 Å². The number of anilines is 1. The lowest BCUT2D eigenvalue weighted by Crippen LogP contribution is -2.12. The topological polar surface area (TPSA) is 64.7 Å². The SMILES string of the molecule is Cc1nn(Cc2cccc(C(=O)Nc3cnn(Cc4ccccc4Cl)c3)c2)c(C)c1Br. The molecule has 1 amide bonds. The van der Waals surface area contributed by atoms with Crippen LogP contribution in [0.25, 0.3) is 0 Å². The van der Waals surface area contributed by atoms with Gasteiger partial charge >= 0.3 is 0 Å². The maximum absolute atomic E-state index is 12.8. The largest absolute Gasteiger partial charge is 0.319 e. The van der Waals surface area contributed by atoms with E-state index in [4.69, 9.17) is 11.6 Å². The number of hydrogen-bond donors (Lipinski definition) is 1. The molecule has 0 unspecified atom stereocenters. The van der Waals surface area contributed by atoms with Crippen molar-refractivity contribution in [2.75, 3.05) is 5.32 Å². The van der Waals surface area contributed by atoms with Gasteiger partial charge in [0.2, 0.25) is 0 Å². The maximum atomic E-state index is 12.8. The van der Waals surface area contributed by atoms with Gasteiger partial charge in [-0.25, -0.2) is 0 Å². The summed E-state index contributed by atoms with van der Waals surface area (Å²) in [5, 5.41) is 12.5. The highest BCUT2D eigenvalue weighted by Crippen LogP contribution is 2.21. The fourth-order valence-electron chi connectivity index (χ4n) is 3.33. The summed E-state index contributed by atoms with van der Waals surface area (Å²) in [6.45, 7) is 5.10. The zero-order valence-electron chi connectivity index (χ0n) is 17.1. The third-order valence-electron chi connectivity index (χ3n) is 5.00. The first-order valence-electron chi connectivity index (χ1n) is 9.76. The number of hydrogen-bond acceptors (Lipinski definition) is 3. The van der Waals surface area contributed by atoms with Crippen LogP contribution in [0.4, 0.5) is 5.69 Å². The Morgan fingerprint density at radius 3 is 2.68 bits per heavy atom. The Morgan fingerprint density at radius 2 is 1.94 bits per heavy atom. The van der Waals surface area contributed by atoms with E-state index in [2.05, 4.69) is 31.4 Å². The van der Waals surface area contributed by atoms with Gasteiger partial charge in [-0.1, -0.05) is 41.9 Å². The predicted molar refractivity (Wildman–Crippen MR) is 126 cm³/mol. The molecule has 0 bridgehead atoms. The number of rotatable bonds is 6. The molecule has 2 heterocycles. The van der Waals surface area contributed by atoms with Gasteiger partial charge in [0.25, 0.3) is 5.91 Å². The molecular weight excluding hydrogens is 478 g/mol. The molecule has 0 aliphatic heterocycles. The van der Waals surface area contributed by atoms with Gasteiger partial charge in [-0.15, -0.1) is 0 Å². The zero-order chi connectivity index (χ0) is 22.0. The summed E-state index contributed by atoms with van der Waals surface area (Å²) in [6.07, 6.45) is 3.42. The van der Waals surface area contributed by atoms with Gasteiger partial charge in [-0.3, -0.25) is 14.2 Å². The number of benzene rings is 2. The molecule has 0 fully saturated rings. The van der Waals surface area contributed by atoms with Gasteiger partial charge in [0.05, 0.1) is 40.8 Å². The van der Waals surface area contributed by atoms with E-state index in [0.29, 0.717) is 29.4 Å². The van der Waals surface area contributed by atoms with Gasteiger partial charge in [0.15, 0.2) is 0 Å². The summed E-state index contributed by atoms with van der Waals surface area (Å²) in [7, 11) is 0. The van der Waals surface area contributed by atoms with E-state index in [1.807, 2.05) is 61.0 Å². The lowest BCUT2D eigenvalue weighted by molar-refractivity contribution is 0.102. The first-order valence-corrected chi connectivity index (χ1v) is 10.9. The van der Waals surface area contributed by atoms with E-state index in [9.17, 15) is 4.79 Å². The van der Waals surface area contributed by atoms with E-state index < -0.39 is 0 Å². The number of carbonyl (C=O) groups excluding carboxylic acids is 1. The molecule has 4 aromatic rings. The highest BCUT2D eigenvalue weighted by molar-refractivity contribution is 9.10. The fourth-order valence-corrected chi connectivity index (χ4v) is 3.81. The Kier molecular flexibility index (Phi) is 6.25. The van der Waals surface area contributed by atoms with Gasteiger partial charge in [0, 0.05) is 16.8 Å². The van der Waals surface area contributed by atoms with Crippen molar-refractivity contribution >= 4 is 39.1 Å². The van der Waals surface area contributed by atoms with Crippen LogP contribution >= 0.6 is 27.5 Å². The summed E-state index contributed by atoms with van der Waals surface area (Å²) in [6, 6.07) is 15.2. The second kappa shape index (κ2) is 9.08. The summed E-state index contributed by atoms with van der Waals surface area (Å²) in [4.78, 5) is 12.8. The van der Waals surface area contributed by atoms with E-state index in [1.54, 1.807) is 23.1 Å². The maximum Gasteiger partial charge on any atom is 0.255 e. The zero-order valence-corrected chi connectivity index (χ0v) is 19.5. The molecule has 0 atom stereocenters. The Hall–Kier alpha value is -2.90. The van der Waals surface area contributed by atoms with Crippen LogP contribution in [0, 0.1) is 13.8 Å². The van der Waals surface area contributed by atoms with Crippen LogP contribution in [0.3, 0.4) is 0 Å². The Labute approximate surface area is 194 Å². The summed E-state index contributed by atoms with van der Waals surface area (Å²) in [5.41, 5.74) is 5.18. The number of amides is 1. The number of nitrogens with zero attached hydrogens (tertiary/aromatic N) is 4. The van der Waals surface area contributed by atoms with Crippen LogP contribution in [0.1, 0.15) is 32.9 Å². The van der Waals surface area contributed by atoms with E-state index >= 15 is 0 Å². The second-order valence-corrected chi connectivity index (χ2v) is 8.52. The molecule has 0 saturated carbocycles. The Morgan fingerprint density at radius 1 is 1.13 bits per heavy atom. The van der Waals surface area contributed by atoms with Crippen LogP contribution in [-0.4, -0.2) is 25.5 Å². The van der Waals surface area contributed by atoms with E-state index in [1.165, 1.54) is 0 Å². The van der Waals surface area contributed by atoms with Crippen LogP contribution in [0.15, 0.2) is 65.4 Å². The van der Waals surface area contributed by atoms with Crippen molar-refractivity contribution in [1.82, 2.24) is 19.6 Å². The average molecular weight is 499 g/mol. The highest BCUT2D eigenvalue weighted by atomic mass is 79.9. The Bertz CT molecular complexity index is 1250. The van der Waals surface area contributed by atoms with E-state index in [-0.39, 0.29) is 5.91 Å². The molecule has 4 rings (SSSR count). The number of aromatic nitrogens is 4. The fraction of sp³-hybridized carbons (Fsp3) is 0.174. The second-order valence-electron chi connectivity index (χ2n) is 7.31. The lowest BCUT2D eigenvalue weighted by atomic mass is 10.1. The highest BCUT2D eigenvalue weighted by Gasteiger charge is 2.12. The molecule has 0 saturated heterocycles. The van der Waals surface area contributed by atoms with Crippen LogP contribution in [0.2, 0.25) is 5.02 Å². The number of nitrogens with one attached hydrogen (secondary N) is 1. The molecule has 0 aliphatic rings. The van der Waals surface area contributed by atoms with Crippen molar-refractivity contribution in [3.8, 4) is 0 Å². The van der Waals surface area contributed by atoms with Crippen molar-refractivity contribution < 1.29 is 4.79 Å². The number of carbonyl (C=O) groups is 1. The molecular formula is C23H21BrClN5O. The molecule has 158 valence electrons. The molecule has 2 aromatic heterocycles. The molecule has 31 heavy (non-hydrogen) atoms. The quantitative estimate of drug-likeness (QED) is 0.384. The minimum absolute atomic E-state index is 0.186. The third-order valence-corrected chi connectivity index (χ3v) is 6.51. The standard InChI is InChI=1S/C23H21BrClN5O/c1-15-22(24)16(2)30(28-15)12-17-6-5-8-18(10-17)23(31)27-20-11-26-29(14-20)13-19-7-3-4-9-21(19)25/h3-11,14H,12-13H2,1-2H3,(H,27,31). The summed E-state index contributed by atoms with van der Waals surface area (Å²) in [5.74, 6) is -0.186. The predicted octanol–water partition coefficient (Wildman–Crippen LogP) is 5.46. The molecule has 1 N–H and O–H groups in total. The lowest BCUT2D eigenvalue weighted by Gasteiger charge is -2.08. The van der Waals surface area contributed by atoms with E-state index in [0.717, 1.165) is 27.0 Å². The molecule has 2 aromatic carbocycles. The normalized spacial score (nSPS) is 11.0. The van der Waals surface area contributed by atoms with Crippen LogP contribution in [-0.2, 0) is 13.1 Å². The van der Waals surface area contributed by atoms with Crippen molar-refractivity contribution in [1.29, 1.82) is 0 Å². The smallest absolute Gasteiger partial charge is 0.255 e. The van der Waals surface area contributed by atoms with Crippen molar-refractivity contribution in [2.45, 2.75) is 26.9 Å². The summed E-state index contributed by atoms with van der Waals surface area (Å²) < 4.78 is 4.68. The monoisotopic (exact) mass is 497 g/mol. The first kappa shape index (κ1) is 21.3. The average Bonchev–Trinajstić information content (AvgIpc) is 3.29. The van der Waals surface area contributed by atoms with Gasteiger partial charge < -0.3 is 5.32 Å². The summed E-state index contributed by atoms with van der Waals surface area (Å²) >= 11 is 9.77.